The lowest BCUT2D eigenvalue weighted by Crippen LogP contribution is -2.09. The van der Waals surface area contributed by atoms with Crippen molar-refractivity contribution in [3.8, 4) is 5.75 Å². The van der Waals surface area contributed by atoms with Crippen molar-refractivity contribution in [3.63, 3.8) is 0 Å². The molecule has 4 rings (SSSR count). The minimum Gasteiger partial charge on any atom is -0.507 e. The van der Waals surface area contributed by atoms with Crippen molar-refractivity contribution >= 4 is 39.3 Å². The third-order valence-electron chi connectivity index (χ3n) is 4.89. The molecule has 1 aliphatic rings. The van der Waals surface area contributed by atoms with Crippen LogP contribution in [0.3, 0.4) is 0 Å². The summed E-state index contributed by atoms with van der Waals surface area (Å²) in [6.45, 7) is 2.16. The average molecular weight is 379 g/mol. The van der Waals surface area contributed by atoms with Gasteiger partial charge in [0.25, 0.3) is 0 Å². The van der Waals surface area contributed by atoms with Crippen molar-refractivity contribution in [2.24, 2.45) is 4.99 Å². The standard InChI is InChI=1S/C22H21NO3S/c1-2-26-22(25)20-16-9-5-6-10-19(16)27-21(20)23-13-17-15-8-4-3-7-14(15)11-12-18(17)24/h3-4,7-8,11-13,24H,2,5-6,9-10H2,1H3/b23-13+. The number of nitrogens with zero attached hydrogens (tertiary/aromatic N) is 1. The van der Waals surface area contributed by atoms with Crippen LogP contribution in [0.1, 0.15) is 46.1 Å². The smallest absolute Gasteiger partial charge is 0.341 e. The summed E-state index contributed by atoms with van der Waals surface area (Å²) in [4.78, 5) is 18.4. The van der Waals surface area contributed by atoms with Crippen LogP contribution in [-0.2, 0) is 17.6 Å². The van der Waals surface area contributed by atoms with Gasteiger partial charge in [0.05, 0.1) is 12.2 Å². The Morgan fingerprint density at radius 1 is 1.22 bits per heavy atom. The summed E-state index contributed by atoms with van der Waals surface area (Å²) in [7, 11) is 0. The van der Waals surface area contributed by atoms with Gasteiger partial charge in [0.1, 0.15) is 10.8 Å². The summed E-state index contributed by atoms with van der Waals surface area (Å²) in [6, 6.07) is 11.4. The molecule has 0 bridgehead atoms. The van der Waals surface area contributed by atoms with E-state index in [1.165, 1.54) is 4.88 Å². The number of rotatable bonds is 4. The third-order valence-corrected chi connectivity index (χ3v) is 6.09. The number of phenolic OH excluding ortho intramolecular Hbond substituents is 1. The zero-order chi connectivity index (χ0) is 18.8. The Hall–Kier alpha value is -2.66. The SMILES string of the molecule is CCOC(=O)c1c(/N=C/c2c(O)ccc3ccccc23)sc2c1CCCC2. The van der Waals surface area contributed by atoms with E-state index in [2.05, 4.69) is 4.99 Å². The van der Waals surface area contributed by atoms with Crippen LogP contribution in [-0.4, -0.2) is 23.9 Å². The quantitative estimate of drug-likeness (QED) is 0.487. The fraction of sp³-hybridized carbons (Fsp3) is 0.273. The van der Waals surface area contributed by atoms with Gasteiger partial charge >= 0.3 is 5.97 Å². The Bertz CT molecular complexity index is 1040. The third kappa shape index (κ3) is 3.35. The first kappa shape index (κ1) is 17.7. The van der Waals surface area contributed by atoms with Crippen molar-refractivity contribution in [3.05, 3.63) is 58.0 Å². The zero-order valence-corrected chi connectivity index (χ0v) is 16.0. The van der Waals surface area contributed by atoms with Gasteiger partial charge in [-0.15, -0.1) is 11.3 Å². The molecule has 4 nitrogen and oxygen atoms in total. The lowest BCUT2D eigenvalue weighted by atomic mass is 9.95. The minimum absolute atomic E-state index is 0.177. The normalized spacial score (nSPS) is 13.8. The number of phenols is 1. The molecule has 0 unspecified atom stereocenters. The molecule has 138 valence electrons. The van der Waals surface area contributed by atoms with E-state index in [0.29, 0.717) is 22.7 Å². The second-order valence-corrected chi connectivity index (χ2v) is 7.67. The summed E-state index contributed by atoms with van der Waals surface area (Å²) in [6.07, 6.45) is 5.78. The number of carbonyl (C=O) groups excluding carboxylic acids is 1. The van der Waals surface area contributed by atoms with Crippen LogP contribution in [0.5, 0.6) is 5.75 Å². The van der Waals surface area contributed by atoms with Crippen LogP contribution < -0.4 is 0 Å². The molecule has 1 aliphatic carbocycles. The molecular formula is C22H21NO3S. The molecular weight excluding hydrogens is 358 g/mol. The van der Waals surface area contributed by atoms with Crippen molar-refractivity contribution in [1.82, 2.24) is 0 Å². The molecule has 0 saturated heterocycles. The van der Waals surface area contributed by atoms with E-state index in [0.717, 1.165) is 42.0 Å². The highest BCUT2D eigenvalue weighted by molar-refractivity contribution is 7.16. The number of thiophene rings is 1. The molecule has 0 saturated carbocycles. The second-order valence-electron chi connectivity index (χ2n) is 6.59. The van der Waals surface area contributed by atoms with E-state index in [1.807, 2.05) is 37.3 Å². The predicted molar refractivity (Wildman–Crippen MR) is 110 cm³/mol. The maximum absolute atomic E-state index is 12.6. The number of aromatic hydroxyl groups is 1. The summed E-state index contributed by atoms with van der Waals surface area (Å²) >= 11 is 1.57. The van der Waals surface area contributed by atoms with Crippen LogP contribution in [0.15, 0.2) is 41.4 Å². The number of aliphatic imine (C=N–C) groups is 1. The molecule has 0 spiro atoms. The van der Waals surface area contributed by atoms with Crippen molar-refractivity contribution in [2.45, 2.75) is 32.6 Å². The predicted octanol–water partition coefficient (Wildman–Crippen LogP) is 5.41. The molecule has 1 aromatic heterocycles. The Balaban J connectivity index is 1.80. The van der Waals surface area contributed by atoms with E-state index in [-0.39, 0.29) is 11.7 Å². The van der Waals surface area contributed by atoms with Crippen LogP contribution in [0.2, 0.25) is 0 Å². The zero-order valence-electron chi connectivity index (χ0n) is 15.2. The summed E-state index contributed by atoms with van der Waals surface area (Å²) < 4.78 is 5.28. The number of hydrogen-bond acceptors (Lipinski definition) is 5. The van der Waals surface area contributed by atoms with Gasteiger partial charge in [-0.2, -0.15) is 0 Å². The number of carbonyl (C=O) groups is 1. The first-order chi connectivity index (χ1) is 13.2. The average Bonchev–Trinajstić information content (AvgIpc) is 3.06. The summed E-state index contributed by atoms with van der Waals surface area (Å²) in [5, 5.41) is 13.0. The molecule has 0 fully saturated rings. The van der Waals surface area contributed by atoms with Crippen molar-refractivity contribution in [1.29, 1.82) is 0 Å². The fourth-order valence-corrected chi connectivity index (χ4v) is 4.82. The largest absolute Gasteiger partial charge is 0.507 e. The van der Waals surface area contributed by atoms with E-state index in [4.69, 9.17) is 4.74 Å². The van der Waals surface area contributed by atoms with E-state index >= 15 is 0 Å². The Kier molecular flexibility index (Phi) is 4.94. The van der Waals surface area contributed by atoms with Crippen LogP contribution in [0.4, 0.5) is 5.00 Å². The van der Waals surface area contributed by atoms with Crippen molar-refractivity contribution < 1.29 is 14.6 Å². The second kappa shape index (κ2) is 7.53. The van der Waals surface area contributed by atoms with Gasteiger partial charge in [0.2, 0.25) is 0 Å². The number of aryl methyl sites for hydroxylation is 1. The van der Waals surface area contributed by atoms with Gasteiger partial charge < -0.3 is 9.84 Å². The van der Waals surface area contributed by atoms with Crippen LogP contribution in [0, 0.1) is 0 Å². The monoisotopic (exact) mass is 379 g/mol. The lowest BCUT2D eigenvalue weighted by molar-refractivity contribution is 0.0526. The Labute approximate surface area is 162 Å². The van der Waals surface area contributed by atoms with Gasteiger partial charge in [-0.1, -0.05) is 30.3 Å². The van der Waals surface area contributed by atoms with Gasteiger partial charge in [-0.3, -0.25) is 0 Å². The maximum Gasteiger partial charge on any atom is 0.341 e. The number of esters is 1. The van der Waals surface area contributed by atoms with Crippen LogP contribution >= 0.6 is 11.3 Å². The number of benzene rings is 2. The highest BCUT2D eigenvalue weighted by Gasteiger charge is 2.26. The number of fused-ring (bicyclic) bond motifs is 2. The fourth-order valence-electron chi connectivity index (χ4n) is 3.60. The van der Waals surface area contributed by atoms with Gasteiger partial charge in [0, 0.05) is 16.7 Å². The van der Waals surface area contributed by atoms with Gasteiger partial charge in [-0.25, -0.2) is 9.79 Å². The first-order valence-electron chi connectivity index (χ1n) is 9.25. The van der Waals surface area contributed by atoms with Crippen molar-refractivity contribution in [2.75, 3.05) is 6.61 Å². The molecule has 1 heterocycles. The molecule has 3 aromatic rings. The molecule has 0 atom stereocenters. The van der Waals surface area contributed by atoms with E-state index < -0.39 is 0 Å². The Morgan fingerprint density at radius 2 is 2.04 bits per heavy atom. The van der Waals surface area contributed by atoms with E-state index in [9.17, 15) is 9.90 Å². The lowest BCUT2D eigenvalue weighted by Gasteiger charge is -2.11. The molecule has 5 heteroatoms. The first-order valence-corrected chi connectivity index (χ1v) is 10.1. The number of ether oxygens (including phenoxy) is 1. The number of hydrogen-bond donors (Lipinski definition) is 1. The molecule has 2 aromatic carbocycles. The minimum atomic E-state index is -0.300. The highest BCUT2D eigenvalue weighted by Crippen LogP contribution is 2.40. The topological polar surface area (TPSA) is 58.9 Å². The van der Waals surface area contributed by atoms with Crippen LogP contribution in [0.25, 0.3) is 10.8 Å². The molecule has 0 amide bonds. The molecule has 0 radical (unpaired) electrons. The summed E-state index contributed by atoms with van der Waals surface area (Å²) in [5.41, 5.74) is 2.36. The highest BCUT2D eigenvalue weighted by atomic mass is 32.1. The van der Waals surface area contributed by atoms with Gasteiger partial charge in [-0.05, 0) is 55.0 Å². The van der Waals surface area contributed by atoms with Gasteiger partial charge in [0.15, 0.2) is 0 Å². The molecule has 1 N–H and O–H groups in total. The molecule has 0 aliphatic heterocycles. The maximum atomic E-state index is 12.6. The summed E-state index contributed by atoms with van der Waals surface area (Å²) in [5.74, 6) is -0.123. The van der Waals surface area contributed by atoms with E-state index in [1.54, 1.807) is 23.6 Å². The molecule has 27 heavy (non-hydrogen) atoms. The Morgan fingerprint density at radius 3 is 2.89 bits per heavy atom.